The molecule has 2 heterocycles. The lowest BCUT2D eigenvalue weighted by Gasteiger charge is -2.36. The summed E-state index contributed by atoms with van der Waals surface area (Å²) in [5.74, 6) is -0.218. The molecule has 0 bridgehead atoms. The molecule has 0 radical (unpaired) electrons. The number of amides is 1. The van der Waals surface area contributed by atoms with E-state index in [2.05, 4.69) is 5.32 Å². The molecule has 9 heteroatoms. The summed E-state index contributed by atoms with van der Waals surface area (Å²) < 4.78 is 33.0. The van der Waals surface area contributed by atoms with Crippen LogP contribution in [0.3, 0.4) is 0 Å². The number of anilines is 1. The maximum atomic E-state index is 13.5. The SMILES string of the molecule is O=C(Nc1ccc(Cl)c(S(=O)(=O)N2CCCC2)c1)C1(c2cccc(Cl)c2)CCOCC1. The minimum Gasteiger partial charge on any atom is -0.381 e. The Kier molecular flexibility index (Phi) is 6.60. The molecule has 0 atom stereocenters. The van der Waals surface area contributed by atoms with Crippen molar-refractivity contribution in [3.05, 3.63) is 58.1 Å². The lowest BCUT2D eigenvalue weighted by Crippen LogP contribution is -2.44. The third-order valence-electron chi connectivity index (χ3n) is 6.03. The van der Waals surface area contributed by atoms with Crippen LogP contribution in [-0.2, 0) is 25.0 Å². The van der Waals surface area contributed by atoms with Gasteiger partial charge < -0.3 is 10.1 Å². The Bertz CT molecular complexity index is 1080. The number of hydrogen-bond donors (Lipinski definition) is 1. The van der Waals surface area contributed by atoms with E-state index < -0.39 is 15.4 Å². The standard InChI is InChI=1S/C22H24Cl2N2O4S/c23-17-5-3-4-16(14-17)22(8-12-30-13-9-22)21(27)25-18-6-7-19(24)20(15-18)31(28,29)26-10-1-2-11-26/h3-7,14-15H,1-2,8-13H2,(H,25,27). The van der Waals surface area contributed by atoms with E-state index in [0.29, 0.717) is 49.9 Å². The van der Waals surface area contributed by atoms with E-state index in [9.17, 15) is 13.2 Å². The molecule has 2 aliphatic heterocycles. The molecule has 1 amide bonds. The second-order valence-electron chi connectivity index (χ2n) is 7.92. The molecule has 166 valence electrons. The van der Waals surface area contributed by atoms with Crippen molar-refractivity contribution in [2.75, 3.05) is 31.6 Å². The maximum absolute atomic E-state index is 13.5. The van der Waals surface area contributed by atoms with Gasteiger partial charge in [-0.15, -0.1) is 0 Å². The number of halogens is 2. The Labute approximate surface area is 192 Å². The number of nitrogens with zero attached hydrogens (tertiary/aromatic N) is 1. The Morgan fingerprint density at radius 3 is 2.42 bits per heavy atom. The average molecular weight is 483 g/mol. The van der Waals surface area contributed by atoms with Crippen molar-refractivity contribution in [3.63, 3.8) is 0 Å². The van der Waals surface area contributed by atoms with E-state index in [1.54, 1.807) is 18.2 Å². The fourth-order valence-electron chi connectivity index (χ4n) is 4.25. The third kappa shape index (κ3) is 4.47. The molecular formula is C22H24Cl2N2O4S. The first-order valence-electron chi connectivity index (χ1n) is 10.3. The zero-order valence-corrected chi connectivity index (χ0v) is 19.3. The zero-order chi connectivity index (χ0) is 22.1. The molecule has 2 aromatic carbocycles. The fraction of sp³-hybridized carbons (Fsp3) is 0.409. The summed E-state index contributed by atoms with van der Waals surface area (Å²) >= 11 is 12.4. The van der Waals surface area contributed by atoms with Crippen molar-refractivity contribution in [1.29, 1.82) is 0 Å². The normalized spacial score (nSPS) is 19.3. The smallest absolute Gasteiger partial charge is 0.244 e. The van der Waals surface area contributed by atoms with E-state index in [1.165, 1.54) is 16.4 Å². The molecule has 2 fully saturated rings. The van der Waals surface area contributed by atoms with Gasteiger partial charge in [0.2, 0.25) is 15.9 Å². The highest BCUT2D eigenvalue weighted by Gasteiger charge is 2.42. The summed E-state index contributed by atoms with van der Waals surface area (Å²) in [6.45, 7) is 1.87. The average Bonchev–Trinajstić information content (AvgIpc) is 3.31. The molecule has 4 rings (SSSR count). The minimum absolute atomic E-state index is 0.0117. The van der Waals surface area contributed by atoms with E-state index in [-0.39, 0.29) is 15.8 Å². The van der Waals surface area contributed by atoms with Crippen LogP contribution in [0, 0.1) is 0 Å². The molecule has 0 unspecified atom stereocenters. The molecule has 2 aliphatic rings. The van der Waals surface area contributed by atoms with Crippen molar-refractivity contribution in [2.45, 2.75) is 36.0 Å². The van der Waals surface area contributed by atoms with Crippen molar-refractivity contribution < 1.29 is 17.9 Å². The monoisotopic (exact) mass is 482 g/mol. The molecule has 0 aromatic heterocycles. The van der Waals surface area contributed by atoms with Gasteiger partial charge in [0.05, 0.1) is 10.4 Å². The quantitative estimate of drug-likeness (QED) is 0.681. The number of carbonyl (C=O) groups excluding carboxylic acids is 1. The van der Waals surface area contributed by atoms with Crippen molar-refractivity contribution in [1.82, 2.24) is 4.31 Å². The first-order valence-corrected chi connectivity index (χ1v) is 12.5. The molecule has 31 heavy (non-hydrogen) atoms. The highest BCUT2D eigenvalue weighted by atomic mass is 35.5. The molecule has 6 nitrogen and oxygen atoms in total. The molecule has 1 N–H and O–H groups in total. The van der Waals surface area contributed by atoms with E-state index in [0.717, 1.165) is 18.4 Å². The van der Waals surface area contributed by atoms with Gasteiger partial charge >= 0.3 is 0 Å². The lowest BCUT2D eigenvalue weighted by molar-refractivity contribution is -0.125. The minimum atomic E-state index is -3.71. The summed E-state index contributed by atoms with van der Waals surface area (Å²) in [5, 5.41) is 3.62. The molecule has 2 aromatic rings. The van der Waals surface area contributed by atoms with Gasteiger partial charge in [-0.1, -0.05) is 35.3 Å². The van der Waals surface area contributed by atoms with Crippen LogP contribution in [-0.4, -0.2) is 44.9 Å². The van der Waals surface area contributed by atoms with Gasteiger partial charge in [-0.25, -0.2) is 8.42 Å². The zero-order valence-electron chi connectivity index (χ0n) is 16.9. The second kappa shape index (κ2) is 9.08. The Morgan fingerprint density at radius 2 is 1.74 bits per heavy atom. The van der Waals surface area contributed by atoms with Gasteiger partial charge in [-0.05, 0) is 61.6 Å². The Balaban J connectivity index is 1.65. The highest BCUT2D eigenvalue weighted by Crippen LogP contribution is 2.38. The highest BCUT2D eigenvalue weighted by molar-refractivity contribution is 7.89. The Morgan fingerprint density at radius 1 is 1.03 bits per heavy atom. The fourth-order valence-corrected chi connectivity index (χ4v) is 6.46. The molecular weight excluding hydrogens is 459 g/mol. The molecule has 0 spiro atoms. The second-order valence-corrected chi connectivity index (χ2v) is 10.7. The summed E-state index contributed by atoms with van der Waals surface area (Å²) in [6, 6.07) is 11.9. The van der Waals surface area contributed by atoms with Gasteiger partial charge in [0.15, 0.2) is 0 Å². The summed E-state index contributed by atoms with van der Waals surface area (Å²) in [5.41, 5.74) is 0.399. The summed E-state index contributed by atoms with van der Waals surface area (Å²) in [6.07, 6.45) is 2.67. The molecule has 2 saturated heterocycles. The van der Waals surface area contributed by atoms with E-state index in [4.69, 9.17) is 27.9 Å². The van der Waals surface area contributed by atoms with Crippen molar-refractivity contribution in [2.24, 2.45) is 0 Å². The van der Waals surface area contributed by atoms with Crippen LogP contribution < -0.4 is 5.32 Å². The number of rotatable bonds is 5. The van der Waals surface area contributed by atoms with E-state index >= 15 is 0 Å². The summed E-state index contributed by atoms with van der Waals surface area (Å²) in [4.78, 5) is 13.5. The van der Waals surface area contributed by atoms with Crippen LogP contribution in [0.1, 0.15) is 31.2 Å². The molecule has 0 aliphatic carbocycles. The van der Waals surface area contributed by atoms with Crippen LogP contribution in [0.5, 0.6) is 0 Å². The number of benzene rings is 2. The van der Waals surface area contributed by atoms with E-state index in [1.807, 2.05) is 12.1 Å². The van der Waals surface area contributed by atoms with Gasteiger partial charge in [0.1, 0.15) is 4.90 Å². The molecule has 0 saturated carbocycles. The topological polar surface area (TPSA) is 75.7 Å². The number of hydrogen-bond acceptors (Lipinski definition) is 4. The number of ether oxygens (including phenoxy) is 1. The van der Waals surface area contributed by atoms with Crippen LogP contribution in [0.4, 0.5) is 5.69 Å². The number of carbonyl (C=O) groups is 1. The number of sulfonamides is 1. The van der Waals surface area contributed by atoms with Gasteiger partial charge in [0.25, 0.3) is 0 Å². The maximum Gasteiger partial charge on any atom is 0.244 e. The Hall–Kier alpha value is -1.64. The third-order valence-corrected chi connectivity index (χ3v) is 8.65. The van der Waals surface area contributed by atoms with Gasteiger partial charge in [0, 0.05) is 37.0 Å². The van der Waals surface area contributed by atoms with Crippen LogP contribution in [0.15, 0.2) is 47.4 Å². The van der Waals surface area contributed by atoms with Crippen LogP contribution in [0.25, 0.3) is 0 Å². The predicted octanol–water partition coefficient (Wildman–Crippen LogP) is 4.46. The van der Waals surface area contributed by atoms with Crippen LogP contribution >= 0.6 is 23.2 Å². The van der Waals surface area contributed by atoms with Crippen molar-refractivity contribution in [3.8, 4) is 0 Å². The van der Waals surface area contributed by atoms with Gasteiger partial charge in [-0.3, -0.25) is 4.79 Å². The largest absolute Gasteiger partial charge is 0.381 e. The first kappa shape index (κ1) is 22.6. The summed E-state index contributed by atoms with van der Waals surface area (Å²) in [7, 11) is -3.71. The van der Waals surface area contributed by atoms with Crippen molar-refractivity contribution >= 4 is 44.8 Å². The first-order chi connectivity index (χ1) is 14.8. The van der Waals surface area contributed by atoms with Gasteiger partial charge in [-0.2, -0.15) is 4.31 Å². The number of nitrogens with one attached hydrogen (secondary N) is 1. The predicted molar refractivity (Wildman–Crippen MR) is 121 cm³/mol. The lowest BCUT2D eigenvalue weighted by atomic mass is 9.73. The van der Waals surface area contributed by atoms with Crippen LogP contribution in [0.2, 0.25) is 10.0 Å².